The van der Waals surface area contributed by atoms with E-state index in [9.17, 15) is 13.2 Å². The van der Waals surface area contributed by atoms with Crippen molar-refractivity contribution in [2.75, 3.05) is 17.9 Å². The average molecular weight is 342 g/mol. The highest BCUT2D eigenvalue weighted by Gasteiger charge is 2.30. The minimum Gasteiger partial charge on any atom is -0.356 e. The van der Waals surface area contributed by atoms with Gasteiger partial charge in [-0.1, -0.05) is 30.3 Å². The molecule has 2 aromatic rings. The molecule has 0 bridgehead atoms. The van der Waals surface area contributed by atoms with Gasteiger partial charge in [0.05, 0.1) is 10.6 Å². The van der Waals surface area contributed by atoms with Crippen LogP contribution in [0.1, 0.15) is 11.1 Å². The van der Waals surface area contributed by atoms with Gasteiger partial charge in [0.15, 0.2) is 0 Å². The first-order valence-electron chi connectivity index (χ1n) is 7.63. The Kier molecular flexibility index (Phi) is 4.40. The highest BCUT2D eigenvalue weighted by Crippen LogP contribution is 2.32. The summed E-state index contributed by atoms with van der Waals surface area (Å²) in [7, 11) is -2.02. The number of likely N-dealkylation sites (N-methyl/N-ethyl adjacent to an activating group) is 1. The maximum atomic E-state index is 12.9. The molecule has 0 radical (unpaired) electrons. The Balaban J connectivity index is 1.86. The van der Waals surface area contributed by atoms with Gasteiger partial charge < -0.3 is 5.32 Å². The number of benzene rings is 2. The summed E-state index contributed by atoms with van der Waals surface area (Å²) < 4.78 is 27.2. The van der Waals surface area contributed by atoms with Crippen LogP contribution in [0.3, 0.4) is 0 Å². The number of amides is 1. The van der Waals surface area contributed by atoms with Crippen LogP contribution >= 0.6 is 0 Å². The number of carbonyl (C=O) groups excluding carboxylic acids is 1. The van der Waals surface area contributed by atoms with Crippen molar-refractivity contribution in [2.45, 2.75) is 11.3 Å². The van der Waals surface area contributed by atoms with Crippen LogP contribution in [-0.4, -0.2) is 27.9 Å². The van der Waals surface area contributed by atoms with E-state index in [1.54, 1.807) is 37.4 Å². The summed E-state index contributed by atoms with van der Waals surface area (Å²) in [5.74, 6) is -0.208. The number of anilines is 1. The predicted octanol–water partition coefficient (Wildman–Crippen LogP) is 2.20. The molecule has 1 amide bonds. The molecule has 1 aliphatic rings. The highest BCUT2D eigenvalue weighted by molar-refractivity contribution is 7.92. The van der Waals surface area contributed by atoms with Gasteiger partial charge in [0.2, 0.25) is 5.91 Å². The Morgan fingerprint density at radius 3 is 2.54 bits per heavy atom. The van der Waals surface area contributed by atoms with Crippen LogP contribution in [0.25, 0.3) is 6.08 Å². The number of rotatable bonds is 4. The smallest absolute Gasteiger partial charge is 0.264 e. The summed E-state index contributed by atoms with van der Waals surface area (Å²) in [4.78, 5) is 11.4. The van der Waals surface area contributed by atoms with E-state index in [0.717, 1.165) is 23.2 Å². The van der Waals surface area contributed by atoms with Crippen LogP contribution in [0.5, 0.6) is 0 Å². The molecule has 0 saturated heterocycles. The van der Waals surface area contributed by atoms with Crippen LogP contribution in [0.4, 0.5) is 5.69 Å². The number of carbonyl (C=O) groups is 1. The predicted molar refractivity (Wildman–Crippen MR) is 94.2 cm³/mol. The van der Waals surface area contributed by atoms with Gasteiger partial charge in [-0.2, -0.15) is 0 Å². The van der Waals surface area contributed by atoms with Crippen molar-refractivity contribution in [3.8, 4) is 0 Å². The molecule has 3 rings (SSSR count). The lowest BCUT2D eigenvalue weighted by molar-refractivity contribution is -0.115. The number of nitrogens with zero attached hydrogens (tertiary/aromatic N) is 1. The quantitative estimate of drug-likeness (QED) is 0.866. The van der Waals surface area contributed by atoms with E-state index in [2.05, 4.69) is 5.32 Å². The highest BCUT2D eigenvalue weighted by atomic mass is 32.2. The molecule has 0 spiro atoms. The maximum absolute atomic E-state index is 12.9. The third-order valence-electron chi connectivity index (χ3n) is 3.99. The largest absolute Gasteiger partial charge is 0.356 e. The molecule has 24 heavy (non-hydrogen) atoms. The number of para-hydroxylation sites is 1. The number of hydrogen-bond acceptors (Lipinski definition) is 3. The number of hydrogen-bond donors (Lipinski definition) is 1. The van der Waals surface area contributed by atoms with Gasteiger partial charge in [0.25, 0.3) is 10.0 Å². The topological polar surface area (TPSA) is 66.5 Å². The van der Waals surface area contributed by atoms with Crippen molar-refractivity contribution in [1.82, 2.24) is 5.32 Å². The standard InChI is InChI=1S/C18H18N2O3S/c1-19-18(21)11-8-14-6-9-16(10-7-14)24(22,23)20-13-12-15-4-2-3-5-17(15)20/h2-11H,12-13H2,1H3,(H,19,21)/b11-8+. The zero-order chi connectivity index (χ0) is 17.2. The van der Waals surface area contributed by atoms with Gasteiger partial charge >= 0.3 is 0 Å². The van der Waals surface area contributed by atoms with Gasteiger partial charge in [-0.3, -0.25) is 9.10 Å². The van der Waals surface area contributed by atoms with Gasteiger partial charge in [0.1, 0.15) is 0 Å². The summed E-state index contributed by atoms with van der Waals surface area (Å²) >= 11 is 0. The van der Waals surface area contributed by atoms with E-state index >= 15 is 0 Å². The molecule has 0 saturated carbocycles. The molecule has 124 valence electrons. The fourth-order valence-corrected chi connectivity index (χ4v) is 4.19. The molecule has 0 fully saturated rings. The molecular weight excluding hydrogens is 324 g/mol. The van der Waals surface area contributed by atoms with Crippen molar-refractivity contribution < 1.29 is 13.2 Å². The van der Waals surface area contributed by atoms with Crippen LogP contribution in [0.2, 0.25) is 0 Å². The van der Waals surface area contributed by atoms with E-state index in [1.807, 2.05) is 24.3 Å². The van der Waals surface area contributed by atoms with Crippen molar-refractivity contribution in [2.24, 2.45) is 0 Å². The summed E-state index contributed by atoms with van der Waals surface area (Å²) in [6, 6.07) is 14.1. The molecule has 2 aromatic carbocycles. The molecule has 1 aliphatic heterocycles. The Bertz CT molecular complexity index is 887. The molecule has 6 heteroatoms. The van der Waals surface area contributed by atoms with E-state index < -0.39 is 10.0 Å². The molecule has 0 aliphatic carbocycles. The first-order valence-corrected chi connectivity index (χ1v) is 9.07. The third-order valence-corrected chi connectivity index (χ3v) is 5.81. The fraction of sp³-hybridized carbons (Fsp3) is 0.167. The number of nitrogens with one attached hydrogen (secondary N) is 1. The third kappa shape index (κ3) is 3.05. The summed E-state index contributed by atoms with van der Waals surface area (Å²) in [6.45, 7) is 0.458. The van der Waals surface area contributed by atoms with E-state index in [-0.39, 0.29) is 10.8 Å². The Labute approximate surface area is 141 Å². The molecule has 1 heterocycles. The van der Waals surface area contributed by atoms with E-state index in [1.165, 1.54) is 10.4 Å². The van der Waals surface area contributed by atoms with Crippen LogP contribution < -0.4 is 9.62 Å². The Hall–Kier alpha value is -2.60. The second-order valence-electron chi connectivity index (χ2n) is 5.47. The minimum absolute atomic E-state index is 0.208. The van der Waals surface area contributed by atoms with Crippen molar-refractivity contribution in [3.63, 3.8) is 0 Å². The lowest BCUT2D eigenvalue weighted by atomic mass is 10.2. The average Bonchev–Trinajstić information content (AvgIpc) is 3.05. The summed E-state index contributed by atoms with van der Waals surface area (Å²) in [5, 5.41) is 2.49. The molecule has 0 unspecified atom stereocenters. The summed E-state index contributed by atoms with van der Waals surface area (Å²) in [6.07, 6.45) is 3.77. The van der Waals surface area contributed by atoms with Crippen molar-refractivity contribution in [3.05, 3.63) is 65.7 Å². The van der Waals surface area contributed by atoms with Crippen LogP contribution in [0.15, 0.2) is 59.5 Å². The maximum Gasteiger partial charge on any atom is 0.264 e. The zero-order valence-electron chi connectivity index (χ0n) is 13.3. The van der Waals surface area contributed by atoms with Crippen LogP contribution in [-0.2, 0) is 21.2 Å². The lowest BCUT2D eigenvalue weighted by Crippen LogP contribution is -2.29. The monoisotopic (exact) mass is 342 g/mol. The molecule has 0 aromatic heterocycles. The second-order valence-corrected chi connectivity index (χ2v) is 7.33. The van der Waals surface area contributed by atoms with Gasteiger partial charge in [-0.15, -0.1) is 0 Å². The van der Waals surface area contributed by atoms with Gasteiger partial charge in [-0.05, 0) is 41.8 Å². The van der Waals surface area contributed by atoms with Gasteiger partial charge in [0, 0.05) is 19.7 Å². The van der Waals surface area contributed by atoms with Crippen molar-refractivity contribution in [1.29, 1.82) is 0 Å². The second kappa shape index (κ2) is 6.49. The zero-order valence-corrected chi connectivity index (χ0v) is 14.1. The normalized spacial score (nSPS) is 14.0. The fourth-order valence-electron chi connectivity index (χ4n) is 2.69. The first-order chi connectivity index (χ1) is 11.5. The SMILES string of the molecule is CNC(=O)/C=C/c1ccc(S(=O)(=O)N2CCc3ccccc32)cc1. The lowest BCUT2D eigenvalue weighted by Gasteiger charge is -2.19. The minimum atomic E-state index is -3.57. The van der Waals surface area contributed by atoms with E-state index in [0.29, 0.717) is 6.54 Å². The van der Waals surface area contributed by atoms with Crippen molar-refractivity contribution >= 4 is 27.7 Å². The van der Waals surface area contributed by atoms with Gasteiger partial charge in [-0.25, -0.2) is 8.42 Å². The summed E-state index contributed by atoms with van der Waals surface area (Å²) in [5.41, 5.74) is 2.56. The Morgan fingerprint density at radius 2 is 1.83 bits per heavy atom. The number of sulfonamides is 1. The Morgan fingerprint density at radius 1 is 1.12 bits per heavy atom. The number of fused-ring (bicyclic) bond motifs is 1. The molecule has 0 atom stereocenters. The first kappa shape index (κ1) is 16.3. The van der Waals surface area contributed by atoms with Crippen LogP contribution in [0, 0.1) is 0 Å². The molecule has 1 N–H and O–H groups in total. The van der Waals surface area contributed by atoms with E-state index in [4.69, 9.17) is 0 Å². The molecular formula is C18H18N2O3S. The molecule has 5 nitrogen and oxygen atoms in total.